The van der Waals surface area contributed by atoms with Gasteiger partial charge >= 0.3 is 12.3 Å². The first-order valence-electron chi connectivity index (χ1n) is 9.53. The van der Waals surface area contributed by atoms with E-state index in [1.54, 1.807) is 0 Å². The smallest absolute Gasteiger partial charge is 0.478 e. The number of hydrogen-bond donors (Lipinski definition) is 2. The van der Waals surface area contributed by atoms with E-state index in [0.717, 1.165) is 29.3 Å². The molecule has 0 saturated carbocycles. The average Bonchev–Trinajstić information content (AvgIpc) is 3.14. The van der Waals surface area contributed by atoms with Crippen molar-refractivity contribution in [2.24, 2.45) is 11.3 Å². The summed E-state index contributed by atoms with van der Waals surface area (Å²) >= 11 is 1.27. The summed E-state index contributed by atoms with van der Waals surface area (Å²) in [6.07, 6.45) is -1.48. The standard InChI is InChI=1S/C21H21F2NO5S/c1-20(2,3)11-5-6-12-15(9-11)30-18(16(12)19(26)27)24-17(25)10-4-7-13-14(8-10)29-21(22,23)28-13/h4,7-8,11H,5-6,9H2,1-3H3,(H,24,25)(H,26,27). The molecule has 160 valence electrons. The van der Waals surface area contributed by atoms with Gasteiger partial charge in [0.05, 0.1) is 5.56 Å². The van der Waals surface area contributed by atoms with Crippen molar-refractivity contribution in [1.82, 2.24) is 0 Å². The van der Waals surface area contributed by atoms with Crippen molar-refractivity contribution in [3.05, 3.63) is 39.8 Å². The van der Waals surface area contributed by atoms with Gasteiger partial charge in [0, 0.05) is 10.4 Å². The molecule has 1 aromatic carbocycles. The monoisotopic (exact) mass is 437 g/mol. The molecular weight excluding hydrogens is 416 g/mol. The summed E-state index contributed by atoms with van der Waals surface area (Å²) in [6, 6.07) is 3.69. The third-order valence-corrected chi connectivity index (χ3v) is 6.76. The van der Waals surface area contributed by atoms with Crippen LogP contribution in [0.1, 0.15) is 58.3 Å². The average molecular weight is 437 g/mol. The molecule has 9 heteroatoms. The number of carboxylic acid groups (broad SMARTS) is 1. The zero-order chi connectivity index (χ0) is 21.8. The number of aromatic carboxylic acids is 1. The third-order valence-electron chi connectivity index (χ3n) is 5.59. The normalized spacial score (nSPS) is 19.3. The Morgan fingerprint density at radius 2 is 1.93 bits per heavy atom. The van der Waals surface area contributed by atoms with Crippen molar-refractivity contribution >= 4 is 28.2 Å². The highest BCUT2D eigenvalue weighted by molar-refractivity contribution is 7.17. The van der Waals surface area contributed by atoms with Crippen LogP contribution in [0, 0.1) is 11.3 Å². The highest BCUT2D eigenvalue weighted by atomic mass is 32.1. The number of fused-ring (bicyclic) bond motifs is 2. The Bertz CT molecular complexity index is 1040. The molecule has 4 rings (SSSR count). The van der Waals surface area contributed by atoms with Crippen molar-refractivity contribution in [2.75, 3.05) is 5.32 Å². The zero-order valence-electron chi connectivity index (χ0n) is 16.7. The summed E-state index contributed by atoms with van der Waals surface area (Å²) in [5.41, 5.74) is 1.05. The van der Waals surface area contributed by atoms with Gasteiger partial charge in [-0.2, -0.15) is 0 Å². The van der Waals surface area contributed by atoms with Crippen LogP contribution in [0.2, 0.25) is 0 Å². The minimum atomic E-state index is -3.77. The fourth-order valence-electron chi connectivity index (χ4n) is 3.90. The Kier molecular flexibility index (Phi) is 4.76. The number of carbonyl (C=O) groups is 2. The lowest BCUT2D eigenvalue weighted by molar-refractivity contribution is -0.286. The first-order chi connectivity index (χ1) is 13.9. The Hall–Kier alpha value is -2.68. The van der Waals surface area contributed by atoms with Gasteiger partial charge in [0.1, 0.15) is 5.00 Å². The van der Waals surface area contributed by atoms with Crippen molar-refractivity contribution in [2.45, 2.75) is 46.3 Å². The molecule has 0 saturated heterocycles. The molecule has 2 N–H and O–H groups in total. The van der Waals surface area contributed by atoms with Crippen molar-refractivity contribution in [3.63, 3.8) is 0 Å². The number of ether oxygens (including phenoxy) is 2. The van der Waals surface area contributed by atoms with Gasteiger partial charge in [0.15, 0.2) is 11.5 Å². The second kappa shape index (κ2) is 6.94. The Morgan fingerprint density at radius 1 is 1.23 bits per heavy atom. The van der Waals surface area contributed by atoms with Crippen LogP contribution >= 0.6 is 11.3 Å². The largest absolute Gasteiger partial charge is 0.586 e. The van der Waals surface area contributed by atoms with E-state index in [1.807, 2.05) is 0 Å². The van der Waals surface area contributed by atoms with Gasteiger partial charge in [-0.1, -0.05) is 20.8 Å². The van der Waals surface area contributed by atoms with E-state index in [9.17, 15) is 23.5 Å². The Labute approximate surface area is 175 Å². The zero-order valence-corrected chi connectivity index (χ0v) is 17.5. The maximum atomic E-state index is 13.2. The number of thiophene rings is 1. The number of benzene rings is 1. The molecule has 0 bridgehead atoms. The first-order valence-corrected chi connectivity index (χ1v) is 10.4. The number of rotatable bonds is 3. The lowest BCUT2D eigenvalue weighted by atomic mass is 9.72. The van der Waals surface area contributed by atoms with E-state index >= 15 is 0 Å². The van der Waals surface area contributed by atoms with Gasteiger partial charge in [-0.25, -0.2) is 4.79 Å². The van der Waals surface area contributed by atoms with Gasteiger partial charge in [0.2, 0.25) is 0 Å². The van der Waals surface area contributed by atoms with Crippen LogP contribution in [0.5, 0.6) is 11.5 Å². The van der Waals surface area contributed by atoms with Crippen LogP contribution in [0.25, 0.3) is 0 Å². The fraction of sp³-hybridized carbons (Fsp3) is 0.429. The molecule has 1 aromatic heterocycles. The number of amides is 1. The number of anilines is 1. The summed E-state index contributed by atoms with van der Waals surface area (Å²) in [4.78, 5) is 25.6. The number of halogens is 2. The lowest BCUT2D eigenvalue weighted by Crippen LogP contribution is -2.26. The van der Waals surface area contributed by atoms with Crippen LogP contribution in [-0.4, -0.2) is 23.3 Å². The SMILES string of the molecule is CC(C)(C)C1CCc2c(sc(NC(=O)c3ccc4c(c3)OC(F)(F)O4)c2C(=O)O)C1. The minimum absolute atomic E-state index is 0.0605. The molecule has 0 radical (unpaired) electrons. The molecule has 1 unspecified atom stereocenters. The Morgan fingerprint density at radius 3 is 2.60 bits per heavy atom. The molecule has 6 nitrogen and oxygen atoms in total. The lowest BCUT2D eigenvalue weighted by Gasteiger charge is -2.33. The van der Waals surface area contributed by atoms with Gasteiger partial charge in [-0.15, -0.1) is 20.1 Å². The van der Waals surface area contributed by atoms with E-state index < -0.39 is 18.2 Å². The van der Waals surface area contributed by atoms with Crippen LogP contribution < -0.4 is 14.8 Å². The molecule has 1 atom stereocenters. The van der Waals surface area contributed by atoms with E-state index in [2.05, 4.69) is 35.6 Å². The minimum Gasteiger partial charge on any atom is -0.478 e. The van der Waals surface area contributed by atoms with Crippen molar-refractivity contribution in [3.8, 4) is 11.5 Å². The van der Waals surface area contributed by atoms with Gasteiger partial charge < -0.3 is 19.9 Å². The van der Waals surface area contributed by atoms with E-state index in [0.29, 0.717) is 12.3 Å². The van der Waals surface area contributed by atoms with Crippen molar-refractivity contribution in [1.29, 1.82) is 0 Å². The summed E-state index contributed by atoms with van der Waals surface area (Å²) < 4.78 is 35.1. The quantitative estimate of drug-likeness (QED) is 0.692. The van der Waals surface area contributed by atoms with Gasteiger partial charge in [-0.3, -0.25) is 4.79 Å². The van der Waals surface area contributed by atoms with Crippen LogP contribution in [-0.2, 0) is 12.8 Å². The number of alkyl halides is 2. The summed E-state index contributed by atoms with van der Waals surface area (Å²) in [5.74, 6) is -1.69. The number of nitrogens with one attached hydrogen (secondary N) is 1. The highest BCUT2D eigenvalue weighted by Gasteiger charge is 2.43. The molecule has 2 aliphatic rings. The second-order valence-corrected chi connectivity index (χ2v) is 9.71. The van der Waals surface area contributed by atoms with Crippen LogP contribution in [0.4, 0.5) is 13.8 Å². The molecule has 0 spiro atoms. The number of carbonyl (C=O) groups excluding carboxylic acids is 1. The summed E-state index contributed by atoms with van der Waals surface area (Å²) in [5, 5.41) is 12.6. The number of carboxylic acids is 1. The van der Waals surface area contributed by atoms with E-state index in [-0.39, 0.29) is 33.0 Å². The molecule has 1 aliphatic carbocycles. The predicted octanol–water partition coefficient (Wildman–Crippen LogP) is 5.17. The maximum absolute atomic E-state index is 13.2. The molecule has 2 aromatic rings. The summed E-state index contributed by atoms with van der Waals surface area (Å²) in [6.45, 7) is 6.50. The van der Waals surface area contributed by atoms with E-state index in [4.69, 9.17) is 0 Å². The predicted molar refractivity (Wildman–Crippen MR) is 107 cm³/mol. The summed E-state index contributed by atoms with van der Waals surface area (Å²) in [7, 11) is 0. The van der Waals surface area contributed by atoms with Gasteiger partial charge in [-0.05, 0) is 54.4 Å². The Balaban J connectivity index is 1.61. The third kappa shape index (κ3) is 3.74. The topological polar surface area (TPSA) is 84.9 Å². The van der Waals surface area contributed by atoms with Crippen LogP contribution in [0.3, 0.4) is 0 Å². The molecule has 1 amide bonds. The fourth-order valence-corrected chi connectivity index (χ4v) is 5.22. The molecule has 1 aliphatic heterocycles. The highest BCUT2D eigenvalue weighted by Crippen LogP contribution is 2.45. The molecule has 2 heterocycles. The van der Waals surface area contributed by atoms with Crippen LogP contribution in [0.15, 0.2) is 18.2 Å². The van der Waals surface area contributed by atoms with Gasteiger partial charge in [0.25, 0.3) is 5.91 Å². The molecule has 30 heavy (non-hydrogen) atoms. The van der Waals surface area contributed by atoms with Crippen molar-refractivity contribution < 1.29 is 33.0 Å². The first kappa shape index (κ1) is 20.6. The number of hydrogen-bond acceptors (Lipinski definition) is 5. The van der Waals surface area contributed by atoms with E-state index in [1.165, 1.54) is 23.5 Å². The molecule has 0 fully saturated rings. The molecular formula is C21H21F2NO5S. The second-order valence-electron chi connectivity index (χ2n) is 8.60. The maximum Gasteiger partial charge on any atom is 0.586 e.